The first-order valence-corrected chi connectivity index (χ1v) is 10.7. The van der Waals surface area contributed by atoms with Crippen molar-refractivity contribution < 1.29 is 9.59 Å². The van der Waals surface area contributed by atoms with Crippen LogP contribution in [0.15, 0.2) is 53.4 Å². The number of anilines is 2. The van der Waals surface area contributed by atoms with Crippen molar-refractivity contribution in [1.29, 1.82) is 0 Å². The number of nitrogens with zero attached hydrogens (tertiary/aromatic N) is 1. The summed E-state index contributed by atoms with van der Waals surface area (Å²) in [6, 6.07) is 15.5. The normalized spacial score (nSPS) is 13.6. The lowest BCUT2D eigenvalue weighted by molar-refractivity contribution is -0.113. The molecule has 0 atom stereocenters. The molecule has 1 heterocycles. The minimum atomic E-state index is -0.105. The van der Waals surface area contributed by atoms with E-state index < -0.39 is 0 Å². The van der Waals surface area contributed by atoms with Gasteiger partial charge in [0, 0.05) is 35.4 Å². The van der Waals surface area contributed by atoms with E-state index in [1.165, 1.54) is 11.8 Å². The van der Waals surface area contributed by atoms with Gasteiger partial charge in [0.2, 0.25) is 5.91 Å². The maximum atomic E-state index is 12.7. The fourth-order valence-electron chi connectivity index (χ4n) is 3.23. The Balaban J connectivity index is 1.72. The molecule has 2 amide bonds. The molecule has 0 saturated carbocycles. The molecule has 2 aromatic rings. The van der Waals surface area contributed by atoms with E-state index in [9.17, 15) is 9.59 Å². The highest BCUT2D eigenvalue weighted by molar-refractivity contribution is 8.00. The number of amides is 2. The molecule has 0 spiro atoms. The Labute approximate surface area is 170 Å². The van der Waals surface area contributed by atoms with Gasteiger partial charge in [0.25, 0.3) is 5.91 Å². The number of carbonyl (C=O) groups is 2. The lowest BCUT2D eigenvalue weighted by atomic mass is 10.1. The zero-order valence-corrected chi connectivity index (χ0v) is 17.2. The fraction of sp³-hybridized carbons (Fsp3) is 0.364. The molecule has 148 valence electrons. The Kier molecular flexibility index (Phi) is 6.98. The first kappa shape index (κ1) is 20.3. The van der Waals surface area contributed by atoms with E-state index in [2.05, 4.69) is 15.5 Å². The van der Waals surface area contributed by atoms with E-state index >= 15 is 0 Å². The lowest BCUT2D eigenvalue weighted by Crippen LogP contribution is -2.32. The van der Waals surface area contributed by atoms with Gasteiger partial charge in [-0.15, -0.1) is 11.8 Å². The SMILES string of the molecule is CC(C)NC(=O)c1cc(NC(=O)CSc2ccccc2)ccc1N1CCCC1. The van der Waals surface area contributed by atoms with Gasteiger partial charge in [0.1, 0.15) is 0 Å². The van der Waals surface area contributed by atoms with Gasteiger partial charge in [-0.1, -0.05) is 18.2 Å². The molecule has 0 aliphatic carbocycles. The van der Waals surface area contributed by atoms with Gasteiger partial charge < -0.3 is 15.5 Å². The van der Waals surface area contributed by atoms with E-state index in [1.807, 2.05) is 56.3 Å². The molecule has 0 bridgehead atoms. The average molecular weight is 398 g/mol. The predicted octanol–water partition coefficient (Wildman–Crippen LogP) is 4.16. The maximum absolute atomic E-state index is 12.7. The van der Waals surface area contributed by atoms with Gasteiger partial charge in [0.05, 0.1) is 11.3 Å². The van der Waals surface area contributed by atoms with E-state index in [-0.39, 0.29) is 17.9 Å². The van der Waals surface area contributed by atoms with Crippen LogP contribution in [0.5, 0.6) is 0 Å². The monoisotopic (exact) mass is 397 g/mol. The van der Waals surface area contributed by atoms with Gasteiger partial charge in [-0.2, -0.15) is 0 Å². The minimum Gasteiger partial charge on any atom is -0.371 e. The maximum Gasteiger partial charge on any atom is 0.253 e. The van der Waals surface area contributed by atoms with Gasteiger partial charge in [0.15, 0.2) is 0 Å². The van der Waals surface area contributed by atoms with Crippen molar-refractivity contribution in [2.75, 3.05) is 29.1 Å². The number of hydrogen-bond acceptors (Lipinski definition) is 4. The van der Waals surface area contributed by atoms with Crippen molar-refractivity contribution >= 4 is 35.0 Å². The van der Waals surface area contributed by atoms with Crippen LogP contribution in [0.3, 0.4) is 0 Å². The van der Waals surface area contributed by atoms with Gasteiger partial charge in [-0.05, 0) is 57.0 Å². The predicted molar refractivity (Wildman–Crippen MR) is 116 cm³/mol. The molecule has 3 rings (SSSR count). The molecule has 1 aliphatic rings. The van der Waals surface area contributed by atoms with Gasteiger partial charge >= 0.3 is 0 Å². The molecule has 1 fully saturated rings. The largest absolute Gasteiger partial charge is 0.371 e. The summed E-state index contributed by atoms with van der Waals surface area (Å²) in [4.78, 5) is 28.4. The summed E-state index contributed by atoms with van der Waals surface area (Å²) in [5, 5.41) is 5.89. The summed E-state index contributed by atoms with van der Waals surface area (Å²) >= 11 is 1.49. The van der Waals surface area contributed by atoms with Crippen LogP contribution in [-0.2, 0) is 4.79 Å². The van der Waals surface area contributed by atoms with Crippen LogP contribution in [0, 0.1) is 0 Å². The molecular weight excluding hydrogens is 370 g/mol. The second-order valence-electron chi connectivity index (χ2n) is 7.20. The van der Waals surface area contributed by atoms with Crippen molar-refractivity contribution in [1.82, 2.24) is 5.32 Å². The Hall–Kier alpha value is -2.47. The highest BCUT2D eigenvalue weighted by atomic mass is 32.2. The second kappa shape index (κ2) is 9.64. The number of hydrogen-bond donors (Lipinski definition) is 2. The Morgan fingerprint density at radius 2 is 1.79 bits per heavy atom. The molecular formula is C22H27N3O2S. The Morgan fingerprint density at radius 3 is 2.46 bits per heavy atom. The van der Waals surface area contributed by atoms with Crippen LogP contribution in [0.2, 0.25) is 0 Å². The van der Waals surface area contributed by atoms with E-state index in [4.69, 9.17) is 0 Å². The standard InChI is InChI=1S/C22H27N3O2S/c1-16(2)23-22(27)19-14-17(10-11-20(19)25-12-6-7-13-25)24-21(26)15-28-18-8-4-3-5-9-18/h3-5,8-11,14,16H,6-7,12-13,15H2,1-2H3,(H,23,27)(H,24,26). The zero-order valence-electron chi connectivity index (χ0n) is 16.4. The Bertz CT molecular complexity index is 818. The highest BCUT2D eigenvalue weighted by Crippen LogP contribution is 2.28. The summed E-state index contributed by atoms with van der Waals surface area (Å²) in [6.07, 6.45) is 2.28. The summed E-state index contributed by atoms with van der Waals surface area (Å²) in [5.74, 6) is 0.135. The van der Waals surface area contributed by atoms with Crippen LogP contribution in [0.1, 0.15) is 37.0 Å². The average Bonchev–Trinajstić information content (AvgIpc) is 3.21. The molecule has 5 nitrogen and oxygen atoms in total. The van der Waals surface area contributed by atoms with Crippen LogP contribution >= 0.6 is 11.8 Å². The second-order valence-corrected chi connectivity index (χ2v) is 8.25. The first-order valence-electron chi connectivity index (χ1n) is 9.70. The molecule has 0 unspecified atom stereocenters. The number of thioether (sulfide) groups is 1. The van der Waals surface area contributed by atoms with Crippen LogP contribution < -0.4 is 15.5 Å². The summed E-state index contributed by atoms with van der Waals surface area (Å²) in [7, 11) is 0. The minimum absolute atomic E-state index is 0.0550. The third-order valence-electron chi connectivity index (χ3n) is 4.50. The summed E-state index contributed by atoms with van der Waals surface area (Å²) in [6.45, 7) is 5.81. The molecule has 2 N–H and O–H groups in total. The fourth-order valence-corrected chi connectivity index (χ4v) is 3.95. The van der Waals surface area contributed by atoms with Gasteiger partial charge in [-0.3, -0.25) is 9.59 Å². The molecule has 6 heteroatoms. The third-order valence-corrected chi connectivity index (χ3v) is 5.52. The topological polar surface area (TPSA) is 61.4 Å². The molecule has 1 saturated heterocycles. The van der Waals surface area contributed by atoms with Crippen molar-refractivity contribution in [3.8, 4) is 0 Å². The van der Waals surface area contributed by atoms with Crippen molar-refractivity contribution in [2.45, 2.75) is 37.6 Å². The third kappa shape index (κ3) is 5.52. The summed E-state index contributed by atoms with van der Waals surface area (Å²) < 4.78 is 0. The lowest BCUT2D eigenvalue weighted by Gasteiger charge is -2.22. The first-order chi connectivity index (χ1) is 13.5. The number of nitrogens with one attached hydrogen (secondary N) is 2. The van der Waals surface area contributed by atoms with Crippen LogP contribution in [0.25, 0.3) is 0 Å². The van der Waals surface area contributed by atoms with Crippen molar-refractivity contribution in [3.05, 3.63) is 54.1 Å². The quantitative estimate of drug-likeness (QED) is 0.689. The van der Waals surface area contributed by atoms with Gasteiger partial charge in [-0.25, -0.2) is 0 Å². The smallest absolute Gasteiger partial charge is 0.253 e. The van der Waals surface area contributed by atoms with Crippen molar-refractivity contribution in [2.24, 2.45) is 0 Å². The molecule has 1 aliphatic heterocycles. The molecule has 0 aromatic heterocycles. The zero-order chi connectivity index (χ0) is 19.9. The molecule has 28 heavy (non-hydrogen) atoms. The summed E-state index contributed by atoms with van der Waals surface area (Å²) in [5.41, 5.74) is 2.20. The van der Waals surface area contributed by atoms with Crippen LogP contribution in [-0.4, -0.2) is 36.7 Å². The molecule has 2 aromatic carbocycles. The van der Waals surface area contributed by atoms with Crippen molar-refractivity contribution in [3.63, 3.8) is 0 Å². The number of benzene rings is 2. The van der Waals surface area contributed by atoms with E-state index in [0.717, 1.165) is 36.5 Å². The molecule has 0 radical (unpaired) electrons. The van der Waals surface area contributed by atoms with E-state index in [0.29, 0.717) is 17.0 Å². The number of rotatable bonds is 7. The Morgan fingerprint density at radius 1 is 1.07 bits per heavy atom. The highest BCUT2D eigenvalue weighted by Gasteiger charge is 2.21. The number of carbonyl (C=O) groups excluding carboxylic acids is 2. The van der Waals surface area contributed by atoms with E-state index in [1.54, 1.807) is 6.07 Å². The van der Waals surface area contributed by atoms with Crippen LogP contribution in [0.4, 0.5) is 11.4 Å².